The van der Waals surface area contributed by atoms with E-state index in [0.29, 0.717) is 22.4 Å². The van der Waals surface area contributed by atoms with Crippen molar-refractivity contribution in [2.75, 3.05) is 20.8 Å². The summed E-state index contributed by atoms with van der Waals surface area (Å²) < 4.78 is 11.7. The molecule has 1 aromatic carbocycles. The van der Waals surface area contributed by atoms with E-state index in [2.05, 4.69) is 6.58 Å². The molecule has 128 valence electrons. The lowest BCUT2D eigenvalue weighted by atomic mass is 10.1. The highest BCUT2D eigenvalue weighted by molar-refractivity contribution is 7.16. The number of amides is 1. The van der Waals surface area contributed by atoms with Crippen LogP contribution in [0.15, 0.2) is 43.0 Å². The van der Waals surface area contributed by atoms with E-state index in [1.807, 2.05) is 36.4 Å². The minimum absolute atomic E-state index is 0.0488. The fourth-order valence-electron chi connectivity index (χ4n) is 2.13. The molecular formula is C18H20ClNO3S. The van der Waals surface area contributed by atoms with Crippen molar-refractivity contribution in [3.63, 3.8) is 0 Å². The Morgan fingerprint density at radius 3 is 2.75 bits per heavy atom. The van der Waals surface area contributed by atoms with Crippen LogP contribution in [0.4, 0.5) is 0 Å². The van der Waals surface area contributed by atoms with E-state index < -0.39 is 0 Å². The molecule has 1 aromatic heterocycles. The second kappa shape index (κ2) is 8.76. The number of benzene rings is 1. The Hall–Kier alpha value is -1.98. The maximum absolute atomic E-state index is 12.2. The fourth-order valence-corrected chi connectivity index (χ4v) is 3.27. The SMILES string of the molecule is C=CCc1ccc(OCC(=O)N(C)Cc2ccc(Cl)s2)c(OC)c1. The van der Waals surface area contributed by atoms with Crippen LogP contribution in [0.1, 0.15) is 10.4 Å². The third kappa shape index (κ3) is 5.01. The van der Waals surface area contributed by atoms with E-state index in [1.165, 1.54) is 11.3 Å². The number of methoxy groups -OCH3 is 1. The number of rotatable bonds is 8. The maximum atomic E-state index is 12.2. The van der Waals surface area contributed by atoms with E-state index in [-0.39, 0.29) is 12.5 Å². The molecular weight excluding hydrogens is 346 g/mol. The molecule has 0 N–H and O–H groups in total. The highest BCUT2D eigenvalue weighted by Crippen LogP contribution is 2.28. The number of hydrogen-bond acceptors (Lipinski definition) is 4. The highest BCUT2D eigenvalue weighted by Gasteiger charge is 2.13. The third-order valence-electron chi connectivity index (χ3n) is 3.41. The fraction of sp³-hybridized carbons (Fsp3) is 0.278. The van der Waals surface area contributed by atoms with E-state index in [4.69, 9.17) is 21.1 Å². The topological polar surface area (TPSA) is 38.8 Å². The van der Waals surface area contributed by atoms with Gasteiger partial charge in [-0.3, -0.25) is 4.79 Å². The lowest BCUT2D eigenvalue weighted by Gasteiger charge is -2.17. The van der Waals surface area contributed by atoms with Gasteiger partial charge in [0.1, 0.15) is 0 Å². The van der Waals surface area contributed by atoms with E-state index >= 15 is 0 Å². The summed E-state index contributed by atoms with van der Waals surface area (Å²) in [4.78, 5) is 14.9. The van der Waals surface area contributed by atoms with Crippen LogP contribution in [-0.4, -0.2) is 31.6 Å². The molecule has 1 amide bonds. The Balaban J connectivity index is 1.94. The van der Waals surface area contributed by atoms with Gasteiger partial charge < -0.3 is 14.4 Å². The van der Waals surface area contributed by atoms with Gasteiger partial charge in [0.15, 0.2) is 18.1 Å². The van der Waals surface area contributed by atoms with Crippen molar-refractivity contribution in [3.8, 4) is 11.5 Å². The van der Waals surface area contributed by atoms with Gasteiger partial charge in [-0.15, -0.1) is 17.9 Å². The monoisotopic (exact) mass is 365 g/mol. The van der Waals surface area contributed by atoms with Gasteiger partial charge in [0.25, 0.3) is 5.91 Å². The summed E-state index contributed by atoms with van der Waals surface area (Å²) in [6, 6.07) is 9.37. The molecule has 6 heteroatoms. The zero-order chi connectivity index (χ0) is 17.5. The van der Waals surface area contributed by atoms with Crippen LogP contribution in [0.5, 0.6) is 11.5 Å². The predicted molar refractivity (Wildman–Crippen MR) is 98.2 cm³/mol. The summed E-state index contributed by atoms with van der Waals surface area (Å²) in [5.74, 6) is 1.04. The number of halogens is 1. The largest absolute Gasteiger partial charge is 0.493 e. The first kappa shape index (κ1) is 18.4. The normalized spacial score (nSPS) is 10.3. The molecule has 0 atom stereocenters. The second-order valence-electron chi connectivity index (χ2n) is 5.22. The molecule has 1 heterocycles. The smallest absolute Gasteiger partial charge is 0.260 e. The van der Waals surface area contributed by atoms with Crippen LogP contribution < -0.4 is 9.47 Å². The Labute approximate surface area is 151 Å². The molecule has 0 saturated heterocycles. The molecule has 4 nitrogen and oxygen atoms in total. The average Bonchev–Trinajstić information content (AvgIpc) is 2.98. The summed E-state index contributed by atoms with van der Waals surface area (Å²) in [6.45, 7) is 4.18. The van der Waals surface area contributed by atoms with Gasteiger partial charge in [-0.25, -0.2) is 0 Å². The molecule has 0 aliphatic rings. The summed E-state index contributed by atoms with van der Waals surface area (Å²) in [5, 5.41) is 0. The Bertz CT molecular complexity index is 714. The highest BCUT2D eigenvalue weighted by atomic mass is 35.5. The molecule has 24 heavy (non-hydrogen) atoms. The van der Waals surface area contributed by atoms with Gasteiger partial charge >= 0.3 is 0 Å². The molecule has 2 rings (SSSR count). The van der Waals surface area contributed by atoms with Crippen molar-refractivity contribution in [2.24, 2.45) is 0 Å². The van der Waals surface area contributed by atoms with Gasteiger partial charge in [-0.2, -0.15) is 0 Å². The molecule has 0 bridgehead atoms. The number of hydrogen-bond donors (Lipinski definition) is 0. The Morgan fingerprint density at radius 2 is 2.12 bits per heavy atom. The van der Waals surface area contributed by atoms with Crippen molar-refractivity contribution in [1.82, 2.24) is 4.90 Å². The summed E-state index contributed by atoms with van der Waals surface area (Å²) in [7, 11) is 3.32. The van der Waals surface area contributed by atoms with Crippen LogP contribution >= 0.6 is 22.9 Å². The Kier molecular flexibility index (Phi) is 6.70. The summed E-state index contributed by atoms with van der Waals surface area (Å²) in [6.07, 6.45) is 2.58. The van der Waals surface area contributed by atoms with Crippen molar-refractivity contribution in [1.29, 1.82) is 0 Å². The van der Waals surface area contributed by atoms with Crippen molar-refractivity contribution in [3.05, 3.63) is 57.8 Å². The zero-order valence-electron chi connectivity index (χ0n) is 13.8. The van der Waals surface area contributed by atoms with Gasteiger partial charge in [-0.05, 0) is 36.2 Å². The number of nitrogens with zero attached hydrogens (tertiary/aromatic N) is 1. The zero-order valence-corrected chi connectivity index (χ0v) is 15.3. The van der Waals surface area contributed by atoms with Crippen molar-refractivity contribution >= 4 is 28.8 Å². The van der Waals surface area contributed by atoms with Gasteiger partial charge in [0.05, 0.1) is 18.0 Å². The number of thiophene rings is 1. The van der Waals surface area contributed by atoms with E-state index in [9.17, 15) is 4.79 Å². The molecule has 0 saturated carbocycles. The summed E-state index contributed by atoms with van der Waals surface area (Å²) in [5.41, 5.74) is 1.08. The van der Waals surface area contributed by atoms with Crippen LogP contribution in [0.2, 0.25) is 4.34 Å². The van der Waals surface area contributed by atoms with Crippen molar-refractivity contribution in [2.45, 2.75) is 13.0 Å². The molecule has 0 spiro atoms. The maximum Gasteiger partial charge on any atom is 0.260 e. The molecule has 2 aromatic rings. The lowest BCUT2D eigenvalue weighted by Crippen LogP contribution is -2.30. The van der Waals surface area contributed by atoms with Crippen LogP contribution in [-0.2, 0) is 17.8 Å². The minimum Gasteiger partial charge on any atom is -0.493 e. The standard InChI is InChI=1S/C18H20ClNO3S/c1-4-5-13-6-8-15(16(10-13)22-3)23-12-18(21)20(2)11-14-7-9-17(19)24-14/h4,6-10H,1,5,11-12H2,2-3H3. The molecule has 0 aliphatic heterocycles. The van der Waals surface area contributed by atoms with E-state index in [0.717, 1.165) is 16.9 Å². The minimum atomic E-state index is -0.114. The first-order valence-electron chi connectivity index (χ1n) is 7.42. The molecule has 0 fully saturated rings. The third-order valence-corrected chi connectivity index (χ3v) is 4.62. The first-order chi connectivity index (χ1) is 11.5. The average molecular weight is 366 g/mol. The molecule has 0 radical (unpaired) electrons. The number of likely N-dealkylation sites (N-methyl/N-ethyl adjacent to an activating group) is 1. The van der Waals surface area contributed by atoms with Crippen molar-refractivity contribution < 1.29 is 14.3 Å². The molecule has 0 unspecified atom stereocenters. The molecule has 0 aliphatic carbocycles. The lowest BCUT2D eigenvalue weighted by molar-refractivity contribution is -0.132. The van der Waals surface area contributed by atoms with Crippen LogP contribution in [0, 0.1) is 0 Å². The number of carbonyl (C=O) groups excluding carboxylic acids is 1. The van der Waals surface area contributed by atoms with E-state index in [1.54, 1.807) is 19.1 Å². The summed E-state index contributed by atoms with van der Waals surface area (Å²) >= 11 is 7.37. The Morgan fingerprint density at radius 1 is 1.33 bits per heavy atom. The van der Waals surface area contributed by atoms with Gasteiger partial charge in [-0.1, -0.05) is 23.7 Å². The number of ether oxygens (including phenoxy) is 2. The van der Waals surface area contributed by atoms with Crippen LogP contribution in [0.3, 0.4) is 0 Å². The second-order valence-corrected chi connectivity index (χ2v) is 7.02. The van der Waals surface area contributed by atoms with Crippen LogP contribution in [0.25, 0.3) is 0 Å². The first-order valence-corrected chi connectivity index (χ1v) is 8.61. The quantitative estimate of drug-likeness (QED) is 0.659. The number of allylic oxidation sites excluding steroid dienone is 1. The van der Waals surface area contributed by atoms with Gasteiger partial charge in [0, 0.05) is 11.9 Å². The predicted octanol–water partition coefficient (Wildman–Crippen LogP) is 4.18. The number of carbonyl (C=O) groups is 1. The van der Waals surface area contributed by atoms with Gasteiger partial charge in [0.2, 0.25) is 0 Å².